The standard InChI is InChI=1S/C17H25N5OS/c1-21-16(19-20-17(21)24-11-10-23-2)15-5-8-22(9-6-15)13-14-4-3-7-18-12-14/h3-4,7,12,15H,5-6,8-11,13H2,1-2H3. The van der Waals surface area contributed by atoms with E-state index in [4.69, 9.17) is 4.74 Å². The molecule has 0 atom stereocenters. The molecule has 1 saturated heterocycles. The van der Waals surface area contributed by atoms with Crippen LogP contribution in [0.1, 0.15) is 30.1 Å². The summed E-state index contributed by atoms with van der Waals surface area (Å²) in [5, 5.41) is 9.78. The van der Waals surface area contributed by atoms with Crippen LogP contribution in [0.2, 0.25) is 0 Å². The van der Waals surface area contributed by atoms with Crippen LogP contribution in [-0.4, -0.2) is 57.2 Å². The van der Waals surface area contributed by atoms with Gasteiger partial charge in [-0.3, -0.25) is 9.88 Å². The van der Waals surface area contributed by atoms with Crippen LogP contribution in [0.25, 0.3) is 0 Å². The van der Waals surface area contributed by atoms with Crippen molar-refractivity contribution in [3.63, 3.8) is 0 Å². The Labute approximate surface area is 147 Å². The molecule has 130 valence electrons. The molecule has 7 heteroatoms. The van der Waals surface area contributed by atoms with E-state index in [0.717, 1.165) is 55.8 Å². The second kappa shape index (κ2) is 8.60. The number of aromatic nitrogens is 4. The van der Waals surface area contributed by atoms with Crippen LogP contribution in [0.3, 0.4) is 0 Å². The van der Waals surface area contributed by atoms with Gasteiger partial charge in [0.05, 0.1) is 6.61 Å². The second-order valence-electron chi connectivity index (χ2n) is 6.15. The summed E-state index contributed by atoms with van der Waals surface area (Å²) >= 11 is 1.71. The summed E-state index contributed by atoms with van der Waals surface area (Å²) in [6.45, 7) is 3.91. The maximum Gasteiger partial charge on any atom is 0.191 e. The summed E-state index contributed by atoms with van der Waals surface area (Å²) in [6.07, 6.45) is 6.05. The van der Waals surface area contributed by atoms with Crippen LogP contribution in [-0.2, 0) is 18.3 Å². The third-order valence-corrected chi connectivity index (χ3v) is 5.45. The van der Waals surface area contributed by atoms with E-state index in [2.05, 4.69) is 37.8 Å². The number of piperidine rings is 1. The fraction of sp³-hybridized carbons (Fsp3) is 0.588. The number of ether oxygens (including phenoxy) is 1. The molecule has 6 nitrogen and oxygen atoms in total. The minimum absolute atomic E-state index is 0.504. The molecule has 0 bridgehead atoms. The fourth-order valence-electron chi connectivity index (χ4n) is 3.12. The minimum Gasteiger partial charge on any atom is -0.384 e. The molecule has 0 spiro atoms. The zero-order chi connectivity index (χ0) is 16.8. The van der Waals surface area contributed by atoms with Crippen molar-refractivity contribution in [3.05, 3.63) is 35.9 Å². The molecule has 1 fully saturated rings. The monoisotopic (exact) mass is 347 g/mol. The molecule has 3 heterocycles. The highest BCUT2D eigenvalue weighted by atomic mass is 32.2. The Morgan fingerprint density at radius 2 is 2.12 bits per heavy atom. The molecule has 2 aromatic rings. The first kappa shape index (κ1) is 17.4. The maximum atomic E-state index is 5.10. The lowest BCUT2D eigenvalue weighted by Crippen LogP contribution is -2.33. The van der Waals surface area contributed by atoms with Crippen molar-refractivity contribution in [1.29, 1.82) is 0 Å². The molecule has 2 aromatic heterocycles. The quantitative estimate of drug-likeness (QED) is 0.566. The van der Waals surface area contributed by atoms with Crippen LogP contribution < -0.4 is 0 Å². The molecular formula is C17H25N5OS. The van der Waals surface area contributed by atoms with Gasteiger partial charge in [0.1, 0.15) is 5.82 Å². The number of likely N-dealkylation sites (tertiary alicyclic amines) is 1. The predicted octanol–water partition coefficient (Wildman–Crippen LogP) is 2.33. The van der Waals surface area contributed by atoms with Gasteiger partial charge >= 0.3 is 0 Å². The first-order valence-corrected chi connectivity index (χ1v) is 9.38. The van der Waals surface area contributed by atoms with Gasteiger partial charge < -0.3 is 9.30 Å². The highest BCUT2D eigenvalue weighted by molar-refractivity contribution is 7.99. The van der Waals surface area contributed by atoms with Crippen molar-refractivity contribution in [2.24, 2.45) is 7.05 Å². The van der Waals surface area contributed by atoms with Crippen molar-refractivity contribution in [2.45, 2.75) is 30.5 Å². The number of hydrogen-bond acceptors (Lipinski definition) is 6. The first-order chi connectivity index (χ1) is 11.8. The number of thioether (sulfide) groups is 1. The van der Waals surface area contributed by atoms with Crippen LogP contribution in [0.4, 0.5) is 0 Å². The molecule has 0 saturated carbocycles. The van der Waals surface area contributed by atoms with Gasteiger partial charge in [-0.05, 0) is 37.6 Å². The summed E-state index contributed by atoms with van der Waals surface area (Å²) in [7, 11) is 3.80. The van der Waals surface area contributed by atoms with E-state index in [1.54, 1.807) is 18.9 Å². The Hall–Kier alpha value is -1.44. The molecular weight excluding hydrogens is 322 g/mol. The smallest absolute Gasteiger partial charge is 0.191 e. The van der Waals surface area contributed by atoms with Crippen molar-refractivity contribution < 1.29 is 4.74 Å². The van der Waals surface area contributed by atoms with Crippen LogP contribution >= 0.6 is 11.8 Å². The summed E-state index contributed by atoms with van der Waals surface area (Å²) in [4.78, 5) is 6.70. The topological polar surface area (TPSA) is 56.1 Å². The lowest BCUT2D eigenvalue weighted by molar-refractivity contribution is 0.200. The Morgan fingerprint density at radius 3 is 2.83 bits per heavy atom. The first-order valence-electron chi connectivity index (χ1n) is 8.40. The Morgan fingerprint density at radius 1 is 1.29 bits per heavy atom. The van der Waals surface area contributed by atoms with E-state index >= 15 is 0 Å². The third kappa shape index (κ3) is 4.34. The largest absolute Gasteiger partial charge is 0.384 e. The summed E-state index contributed by atoms with van der Waals surface area (Å²) in [6, 6.07) is 4.15. The van der Waals surface area contributed by atoms with Gasteiger partial charge in [0.25, 0.3) is 0 Å². The highest BCUT2D eigenvalue weighted by Gasteiger charge is 2.25. The van der Waals surface area contributed by atoms with Gasteiger partial charge in [-0.2, -0.15) is 0 Å². The van der Waals surface area contributed by atoms with Crippen molar-refractivity contribution in [3.8, 4) is 0 Å². The molecule has 0 N–H and O–H groups in total. The van der Waals surface area contributed by atoms with Crippen LogP contribution in [0.15, 0.2) is 29.7 Å². The van der Waals surface area contributed by atoms with Gasteiger partial charge in [0, 0.05) is 44.8 Å². The van der Waals surface area contributed by atoms with Gasteiger partial charge in [0.2, 0.25) is 0 Å². The highest BCUT2D eigenvalue weighted by Crippen LogP contribution is 2.29. The normalized spacial score (nSPS) is 16.6. The van der Waals surface area contributed by atoms with E-state index in [1.807, 2.05) is 18.5 Å². The summed E-state index contributed by atoms with van der Waals surface area (Å²) in [5.74, 6) is 2.53. The summed E-state index contributed by atoms with van der Waals surface area (Å²) < 4.78 is 7.25. The summed E-state index contributed by atoms with van der Waals surface area (Å²) in [5.41, 5.74) is 1.28. The van der Waals surface area contributed by atoms with Crippen molar-refractivity contribution in [2.75, 3.05) is 32.6 Å². The lowest BCUT2D eigenvalue weighted by atomic mass is 9.95. The van der Waals surface area contributed by atoms with E-state index in [1.165, 1.54) is 5.56 Å². The number of rotatable bonds is 7. The molecule has 0 amide bonds. The fourth-order valence-corrected chi connectivity index (χ4v) is 3.94. The van der Waals surface area contributed by atoms with Crippen molar-refractivity contribution in [1.82, 2.24) is 24.6 Å². The van der Waals surface area contributed by atoms with Gasteiger partial charge in [-0.15, -0.1) is 10.2 Å². The minimum atomic E-state index is 0.504. The van der Waals surface area contributed by atoms with Gasteiger partial charge in [-0.25, -0.2) is 0 Å². The Balaban J connectivity index is 1.53. The average Bonchev–Trinajstić information content (AvgIpc) is 2.98. The number of methoxy groups -OCH3 is 1. The van der Waals surface area contributed by atoms with E-state index in [-0.39, 0.29) is 0 Å². The molecule has 3 rings (SSSR count). The second-order valence-corrected chi connectivity index (χ2v) is 7.21. The van der Waals surface area contributed by atoms with Gasteiger partial charge in [0.15, 0.2) is 5.16 Å². The number of nitrogens with zero attached hydrogens (tertiary/aromatic N) is 5. The molecule has 0 aliphatic carbocycles. The Bertz CT molecular complexity index is 625. The van der Waals surface area contributed by atoms with Crippen molar-refractivity contribution >= 4 is 11.8 Å². The lowest BCUT2D eigenvalue weighted by Gasteiger charge is -2.31. The number of pyridine rings is 1. The molecule has 0 aromatic carbocycles. The zero-order valence-corrected chi connectivity index (χ0v) is 15.2. The molecule has 24 heavy (non-hydrogen) atoms. The average molecular weight is 347 g/mol. The zero-order valence-electron chi connectivity index (χ0n) is 14.4. The van der Waals surface area contributed by atoms with E-state index in [0.29, 0.717) is 5.92 Å². The molecule has 0 unspecified atom stereocenters. The SMILES string of the molecule is COCCSc1nnc(C2CCN(Cc3cccnc3)CC2)n1C. The van der Waals surface area contributed by atoms with Crippen LogP contribution in [0.5, 0.6) is 0 Å². The predicted molar refractivity (Wildman–Crippen MR) is 95.1 cm³/mol. The Kier molecular flexibility index (Phi) is 6.23. The van der Waals surface area contributed by atoms with E-state index in [9.17, 15) is 0 Å². The number of hydrogen-bond donors (Lipinski definition) is 0. The van der Waals surface area contributed by atoms with Gasteiger partial charge in [-0.1, -0.05) is 17.8 Å². The molecule has 0 radical (unpaired) electrons. The third-order valence-electron chi connectivity index (χ3n) is 4.47. The molecule has 1 aliphatic heterocycles. The van der Waals surface area contributed by atoms with E-state index < -0.39 is 0 Å². The molecule has 1 aliphatic rings. The maximum absolute atomic E-state index is 5.10. The van der Waals surface area contributed by atoms with Crippen LogP contribution in [0, 0.1) is 0 Å².